The van der Waals surface area contributed by atoms with Gasteiger partial charge in [0.1, 0.15) is 0 Å². The molecule has 0 aliphatic carbocycles. The van der Waals surface area contributed by atoms with Crippen molar-refractivity contribution < 1.29 is 19.2 Å². The second-order valence-corrected chi connectivity index (χ2v) is 3.73. The molecule has 0 aromatic heterocycles. The van der Waals surface area contributed by atoms with Gasteiger partial charge in [0.2, 0.25) is 0 Å². The van der Waals surface area contributed by atoms with Crippen molar-refractivity contribution in [2.24, 2.45) is 0 Å². The molecule has 0 saturated carbocycles. The summed E-state index contributed by atoms with van der Waals surface area (Å²) in [4.78, 5) is 0. The molecule has 0 saturated heterocycles. The standard InChI is InChI=1S/C9H11BClFO3/c1-5(2)15-9-7(11)4-3-6(8(9)12)10(13)14/h3-5,13-14H,1-2H3. The number of halogens is 2. The van der Waals surface area contributed by atoms with Crippen molar-refractivity contribution >= 4 is 24.2 Å². The molecular formula is C9H11BClFO3. The summed E-state index contributed by atoms with van der Waals surface area (Å²) in [6.45, 7) is 3.44. The van der Waals surface area contributed by atoms with E-state index in [-0.39, 0.29) is 22.3 Å². The fraction of sp³-hybridized carbons (Fsp3) is 0.333. The average molecular weight is 232 g/mol. The summed E-state index contributed by atoms with van der Waals surface area (Å²) >= 11 is 5.72. The molecule has 1 aromatic carbocycles. The molecule has 0 bridgehead atoms. The van der Waals surface area contributed by atoms with Gasteiger partial charge in [0.15, 0.2) is 11.6 Å². The van der Waals surface area contributed by atoms with Gasteiger partial charge < -0.3 is 14.8 Å². The Kier molecular flexibility index (Phi) is 3.96. The van der Waals surface area contributed by atoms with E-state index in [9.17, 15) is 4.39 Å². The van der Waals surface area contributed by atoms with Crippen LogP contribution in [0, 0.1) is 5.82 Å². The lowest BCUT2D eigenvalue weighted by Gasteiger charge is -2.14. The molecular weight excluding hydrogens is 221 g/mol. The van der Waals surface area contributed by atoms with E-state index < -0.39 is 12.9 Å². The summed E-state index contributed by atoms with van der Waals surface area (Å²) < 4.78 is 18.8. The number of hydrogen-bond donors (Lipinski definition) is 2. The van der Waals surface area contributed by atoms with Gasteiger partial charge in [-0.1, -0.05) is 17.7 Å². The minimum Gasteiger partial charge on any atom is -0.486 e. The summed E-state index contributed by atoms with van der Waals surface area (Å²) in [7, 11) is -1.88. The van der Waals surface area contributed by atoms with E-state index in [2.05, 4.69) is 0 Å². The van der Waals surface area contributed by atoms with Crippen molar-refractivity contribution in [2.75, 3.05) is 0 Å². The molecule has 1 rings (SSSR count). The number of ether oxygens (including phenoxy) is 1. The van der Waals surface area contributed by atoms with E-state index in [1.165, 1.54) is 12.1 Å². The fourth-order valence-corrected chi connectivity index (χ4v) is 1.28. The lowest BCUT2D eigenvalue weighted by atomic mass is 9.80. The highest BCUT2D eigenvalue weighted by molar-refractivity contribution is 6.58. The molecule has 0 fully saturated rings. The van der Waals surface area contributed by atoms with Gasteiger partial charge in [-0.05, 0) is 19.9 Å². The van der Waals surface area contributed by atoms with Crippen molar-refractivity contribution in [1.29, 1.82) is 0 Å². The van der Waals surface area contributed by atoms with Gasteiger partial charge in [0.05, 0.1) is 11.1 Å². The summed E-state index contributed by atoms with van der Waals surface area (Å²) in [6, 6.07) is 2.56. The Labute approximate surface area is 92.6 Å². The minimum absolute atomic E-state index is 0.102. The Morgan fingerprint density at radius 3 is 2.47 bits per heavy atom. The Morgan fingerprint density at radius 1 is 1.40 bits per heavy atom. The normalized spacial score (nSPS) is 10.6. The summed E-state index contributed by atoms with van der Waals surface area (Å²) in [5, 5.41) is 17.8. The molecule has 2 N–H and O–H groups in total. The molecule has 0 spiro atoms. The Morgan fingerprint density at radius 2 is 2.00 bits per heavy atom. The summed E-state index contributed by atoms with van der Waals surface area (Å²) in [6.07, 6.45) is -0.247. The van der Waals surface area contributed by atoms with Crippen molar-refractivity contribution in [3.8, 4) is 5.75 Å². The van der Waals surface area contributed by atoms with Gasteiger partial charge >= 0.3 is 7.12 Å². The first kappa shape index (κ1) is 12.3. The Bertz CT molecular complexity index is 357. The first-order chi connectivity index (χ1) is 6.93. The first-order valence-corrected chi connectivity index (χ1v) is 4.82. The van der Waals surface area contributed by atoms with Crippen LogP contribution in [0.1, 0.15) is 13.8 Å². The minimum atomic E-state index is -1.88. The zero-order valence-corrected chi connectivity index (χ0v) is 9.12. The van der Waals surface area contributed by atoms with E-state index in [0.717, 1.165) is 0 Å². The topological polar surface area (TPSA) is 49.7 Å². The molecule has 0 radical (unpaired) electrons. The highest BCUT2D eigenvalue weighted by Crippen LogP contribution is 2.27. The van der Waals surface area contributed by atoms with Crippen LogP contribution in [0.2, 0.25) is 5.02 Å². The van der Waals surface area contributed by atoms with Crippen LogP contribution in [0.4, 0.5) is 4.39 Å². The molecule has 0 amide bonds. The largest absolute Gasteiger partial charge is 0.491 e. The van der Waals surface area contributed by atoms with Crippen molar-refractivity contribution in [3.63, 3.8) is 0 Å². The molecule has 1 aromatic rings. The summed E-state index contributed by atoms with van der Waals surface area (Å²) in [5.41, 5.74) is -0.255. The smallest absolute Gasteiger partial charge is 0.486 e. The van der Waals surface area contributed by atoms with E-state index in [1.54, 1.807) is 13.8 Å². The van der Waals surface area contributed by atoms with Crippen molar-refractivity contribution in [3.05, 3.63) is 23.0 Å². The van der Waals surface area contributed by atoms with E-state index in [4.69, 9.17) is 26.4 Å². The quantitative estimate of drug-likeness (QED) is 0.763. The van der Waals surface area contributed by atoms with Crippen LogP contribution < -0.4 is 10.2 Å². The highest BCUT2D eigenvalue weighted by Gasteiger charge is 2.22. The molecule has 0 atom stereocenters. The van der Waals surface area contributed by atoms with Crippen LogP contribution in [-0.4, -0.2) is 23.3 Å². The maximum Gasteiger partial charge on any atom is 0.491 e. The van der Waals surface area contributed by atoms with Crippen LogP contribution in [0.3, 0.4) is 0 Å². The van der Waals surface area contributed by atoms with Gasteiger partial charge in [0.25, 0.3) is 0 Å². The van der Waals surface area contributed by atoms with Crippen LogP contribution >= 0.6 is 11.6 Å². The molecule has 6 heteroatoms. The van der Waals surface area contributed by atoms with Crippen LogP contribution in [0.15, 0.2) is 12.1 Å². The molecule has 0 heterocycles. The van der Waals surface area contributed by atoms with Gasteiger partial charge in [0, 0.05) is 5.46 Å². The predicted octanol–water partition coefficient (Wildman–Crippen LogP) is 0.946. The first-order valence-electron chi connectivity index (χ1n) is 4.44. The monoisotopic (exact) mass is 232 g/mol. The zero-order valence-electron chi connectivity index (χ0n) is 8.37. The average Bonchev–Trinajstić information content (AvgIpc) is 2.11. The van der Waals surface area contributed by atoms with Gasteiger partial charge in [-0.15, -0.1) is 0 Å². The van der Waals surface area contributed by atoms with E-state index >= 15 is 0 Å². The summed E-state index contributed by atoms with van der Waals surface area (Å²) in [5.74, 6) is -0.997. The van der Waals surface area contributed by atoms with Crippen molar-refractivity contribution in [2.45, 2.75) is 20.0 Å². The molecule has 0 unspecified atom stereocenters. The molecule has 3 nitrogen and oxygen atoms in total. The third kappa shape index (κ3) is 2.84. The SMILES string of the molecule is CC(C)Oc1c(Cl)ccc(B(O)O)c1F. The lowest BCUT2D eigenvalue weighted by molar-refractivity contribution is 0.231. The second kappa shape index (κ2) is 4.83. The fourth-order valence-electron chi connectivity index (χ4n) is 1.09. The third-order valence-electron chi connectivity index (χ3n) is 1.71. The maximum absolute atomic E-state index is 13.6. The van der Waals surface area contributed by atoms with E-state index in [0.29, 0.717) is 0 Å². The second-order valence-electron chi connectivity index (χ2n) is 3.32. The Balaban J connectivity index is 3.18. The maximum atomic E-state index is 13.6. The third-order valence-corrected chi connectivity index (χ3v) is 2.01. The molecule has 0 aliphatic rings. The van der Waals surface area contributed by atoms with Crippen LogP contribution in [-0.2, 0) is 0 Å². The van der Waals surface area contributed by atoms with Crippen LogP contribution in [0.5, 0.6) is 5.75 Å². The van der Waals surface area contributed by atoms with Gasteiger partial charge in [-0.25, -0.2) is 4.39 Å². The lowest BCUT2D eigenvalue weighted by Crippen LogP contribution is -2.33. The number of benzene rings is 1. The Hall–Kier alpha value is -0.775. The molecule has 15 heavy (non-hydrogen) atoms. The van der Waals surface area contributed by atoms with Crippen LogP contribution in [0.25, 0.3) is 0 Å². The number of hydrogen-bond acceptors (Lipinski definition) is 3. The molecule has 82 valence electrons. The zero-order chi connectivity index (χ0) is 11.6. The number of rotatable bonds is 3. The van der Waals surface area contributed by atoms with Gasteiger partial charge in [-0.2, -0.15) is 0 Å². The highest BCUT2D eigenvalue weighted by atomic mass is 35.5. The molecule has 0 aliphatic heterocycles. The predicted molar refractivity (Wildman–Crippen MR) is 57.0 cm³/mol. The van der Waals surface area contributed by atoms with E-state index in [1.807, 2.05) is 0 Å². The van der Waals surface area contributed by atoms with Crippen molar-refractivity contribution in [1.82, 2.24) is 0 Å². The van der Waals surface area contributed by atoms with Gasteiger partial charge in [-0.3, -0.25) is 0 Å².